The molecule has 1 heterocycles. The number of carbonyl (C=O) groups is 1. The third-order valence-corrected chi connectivity index (χ3v) is 3.94. The number of halogens is 1. The van der Waals surface area contributed by atoms with Crippen LogP contribution in [0.1, 0.15) is 10.8 Å². The zero-order chi connectivity index (χ0) is 12.1. The highest BCUT2D eigenvalue weighted by Crippen LogP contribution is 2.28. The van der Waals surface area contributed by atoms with E-state index in [1.54, 1.807) is 11.8 Å². The second-order valence-corrected chi connectivity index (χ2v) is 5.04. The molecule has 1 unspecified atom stereocenters. The predicted octanol–water partition coefficient (Wildman–Crippen LogP) is 1.94. The summed E-state index contributed by atoms with van der Waals surface area (Å²) in [7, 11) is 0. The molecule has 1 aliphatic rings. The van der Waals surface area contributed by atoms with E-state index in [-0.39, 0.29) is 23.6 Å². The van der Waals surface area contributed by atoms with E-state index in [2.05, 4.69) is 5.32 Å². The van der Waals surface area contributed by atoms with Crippen LogP contribution in [0.15, 0.2) is 30.3 Å². The van der Waals surface area contributed by atoms with Crippen LogP contribution in [0.3, 0.4) is 0 Å². The number of rotatable bonds is 3. The first-order chi connectivity index (χ1) is 8.33. The third-order valence-electron chi connectivity index (χ3n) is 2.99. The van der Waals surface area contributed by atoms with Gasteiger partial charge in [0.05, 0.1) is 0 Å². The van der Waals surface area contributed by atoms with Crippen LogP contribution >= 0.6 is 24.2 Å². The molecule has 0 saturated carbocycles. The lowest BCUT2D eigenvalue weighted by atomic mass is 10.1. The van der Waals surface area contributed by atoms with Crippen molar-refractivity contribution in [2.45, 2.75) is 5.25 Å². The minimum Gasteiger partial charge on any atom is -0.339 e. The van der Waals surface area contributed by atoms with Gasteiger partial charge in [-0.15, -0.1) is 24.2 Å². The van der Waals surface area contributed by atoms with Gasteiger partial charge in [0.25, 0.3) is 0 Å². The van der Waals surface area contributed by atoms with Gasteiger partial charge in [0.2, 0.25) is 5.91 Å². The van der Waals surface area contributed by atoms with Crippen LogP contribution in [0.5, 0.6) is 0 Å². The highest BCUT2D eigenvalue weighted by molar-refractivity contribution is 7.99. The average Bonchev–Trinajstić information content (AvgIpc) is 2.42. The lowest BCUT2D eigenvalue weighted by Crippen LogP contribution is -2.47. The number of nitrogens with zero attached hydrogens (tertiary/aromatic N) is 1. The van der Waals surface area contributed by atoms with E-state index in [1.165, 1.54) is 0 Å². The van der Waals surface area contributed by atoms with E-state index >= 15 is 0 Å². The molecule has 1 saturated heterocycles. The number of nitrogens with one attached hydrogen (secondary N) is 1. The van der Waals surface area contributed by atoms with Crippen molar-refractivity contribution in [3.8, 4) is 0 Å². The van der Waals surface area contributed by atoms with Gasteiger partial charge in [-0.1, -0.05) is 30.3 Å². The lowest BCUT2D eigenvalue weighted by Gasteiger charge is -2.30. The van der Waals surface area contributed by atoms with E-state index in [0.717, 1.165) is 31.7 Å². The van der Waals surface area contributed by atoms with E-state index in [0.29, 0.717) is 0 Å². The maximum atomic E-state index is 12.4. The molecule has 0 radical (unpaired) electrons. The number of thioether (sulfide) groups is 1. The highest BCUT2D eigenvalue weighted by atomic mass is 35.5. The fourth-order valence-corrected chi connectivity index (χ4v) is 2.84. The molecule has 0 bridgehead atoms. The van der Waals surface area contributed by atoms with Gasteiger partial charge >= 0.3 is 0 Å². The molecule has 5 heteroatoms. The highest BCUT2D eigenvalue weighted by Gasteiger charge is 2.25. The summed E-state index contributed by atoms with van der Waals surface area (Å²) in [5, 5.41) is 3.20. The molecule has 0 spiro atoms. The fraction of sp³-hybridized carbons (Fsp3) is 0.462. The molecule has 1 N–H and O–H groups in total. The summed E-state index contributed by atoms with van der Waals surface area (Å²) < 4.78 is 0. The van der Waals surface area contributed by atoms with E-state index in [9.17, 15) is 4.79 Å². The summed E-state index contributed by atoms with van der Waals surface area (Å²) in [6, 6.07) is 10.0. The Balaban J connectivity index is 0.00000162. The van der Waals surface area contributed by atoms with Crippen LogP contribution in [0.2, 0.25) is 0 Å². The number of hydrogen-bond donors (Lipinski definition) is 1. The van der Waals surface area contributed by atoms with Gasteiger partial charge in [-0.05, 0) is 11.8 Å². The first-order valence-corrected chi connectivity index (χ1v) is 7.19. The van der Waals surface area contributed by atoms with Gasteiger partial charge in [-0.2, -0.15) is 0 Å². The smallest absolute Gasteiger partial charge is 0.240 e. The van der Waals surface area contributed by atoms with Crippen LogP contribution in [-0.4, -0.2) is 43.2 Å². The van der Waals surface area contributed by atoms with Gasteiger partial charge in [-0.3, -0.25) is 4.79 Å². The van der Waals surface area contributed by atoms with Crippen molar-refractivity contribution < 1.29 is 4.79 Å². The molecule has 2 rings (SSSR count). The molecule has 100 valence electrons. The Morgan fingerprint density at radius 3 is 2.44 bits per heavy atom. The number of amides is 1. The molecule has 1 aromatic rings. The van der Waals surface area contributed by atoms with Gasteiger partial charge < -0.3 is 10.2 Å². The maximum absolute atomic E-state index is 12.4. The van der Waals surface area contributed by atoms with Gasteiger partial charge in [0.15, 0.2) is 0 Å². The number of benzene rings is 1. The van der Waals surface area contributed by atoms with Crippen molar-refractivity contribution >= 4 is 30.1 Å². The zero-order valence-corrected chi connectivity index (χ0v) is 12.1. The van der Waals surface area contributed by atoms with Crippen LogP contribution < -0.4 is 5.32 Å². The Morgan fingerprint density at radius 2 is 1.89 bits per heavy atom. The third kappa shape index (κ3) is 3.64. The largest absolute Gasteiger partial charge is 0.339 e. The molecule has 0 aromatic heterocycles. The van der Waals surface area contributed by atoms with E-state index < -0.39 is 0 Å². The van der Waals surface area contributed by atoms with Gasteiger partial charge in [-0.25, -0.2) is 0 Å². The summed E-state index contributed by atoms with van der Waals surface area (Å²) in [4.78, 5) is 14.4. The Kier molecular flexibility index (Phi) is 6.54. The van der Waals surface area contributed by atoms with Gasteiger partial charge in [0, 0.05) is 26.2 Å². The lowest BCUT2D eigenvalue weighted by molar-refractivity contribution is -0.131. The molecule has 1 fully saturated rings. The summed E-state index contributed by atoms with van der Waals surface area (Å²) in [5.41, 5.74) is 1.10. The van der Waals surface area contributed by atoms with Crippen molar-refractivity contribution in [2.75, 3.05) is 32.4 Å². The number of piperazine rings is 1. The first-order valence-electron chi connectivity index (χ1n) is 5.90. The van der Waals surface area contributed by atoms with Gasteiger partial charge in [0.1, 0.15) is 5.25 Å². The minimum atomic E-state index is -0.0608. The molecule has 18 heavy (non-hydrogen) atoms. The average molecular weight is 287 g/mol. The molecule has 0 aliphatic carbocycles. The van der Waals surface area contributed by atoms with Crippen molar-refractivity contribution in [3.05, 3.63) is 35.9 Å². The normalized spacial score (nSPS) is 16.8. The quantitative estimate of drug-likeness (QED) is 0.922. The van der Waals surface area contributed by atoms with Crippen molar-refractivity contribution in [2.24, 2.45) is 0 Å². The predicted molar refractivity (Wildman–Crippen MR) is 79.4 cm³/mol. The zero-order valence-electron chi connectivity index (χ0n) is 10.5. The van der Waals surface area contributed by atoms with Crippen molar-refractivity contribution in [1.29, 1.82) is 0 Å². The summed E-state index contributed by atoms with van der Waals surface area (Å²) >= 11 is 1.61. The molecular weight excluding hydrogens is 268 g/mol. The monoisotopic (exact) mass is 286 g/mol. The number of hydrogen-bond acceptors (Lipinski definition) is 3. The molecule has 1 aliphatic heterocycles. The Morgan fingerprint density at radius 1 is 1.28 bits per heavy atom. The number of carbonyl (C=O) groups excluding carboxylic acids is 1. The Bertz CT molecular complexity index is 369. The van der Waals surface area contributed by atoms with Crippen LogP contribution in [0, 0.1) is 0 Å². The molecule has 3 nitrogen and oxygen atoms in total. The SMILES string of the molecule is CSC(C(=O)N1CCNCC1)c1ccccc1.Cl. The van der Waals surface area contributed by atoms with Crippen LogP contribution in [0.25, 0.3) is 0 Å². The van der Waals surface area contributed by atoms with Crippen molar-refractivity contribution in [3.63, 3.8) is 0 Å². The summed E-state index contributed by atoms with van der Waals surface area (Å²) in [6.45, 7) is 3.45. The topological polar surface area (TPSA) is 32.3 Å². The van der Waals surface area contributed by atoms with E-state index in [1.807, 2.05) is 41.5 Å². The maximum Gasteiger partial charge on any atom is 0.240 e. The molecule has 1 atom stereocenters. The Hall–Kier alpha value is -0.710. The van der Waals surface area contributed by atoms with Crippen LogP contribution in [-0.2, 0) is 4.79 Å². The van der Waals surface area contributed by atoms with Crippen molar-refractivity contribution in [1.82, 2.24) is 10.2 Å². The standard InChI is InChI=1S/C13H18N2OS.ClH/c1-17-12(11-5-3-2-4-6-11)13(16)15-9-7-14-8-10-15;/h2-6,12,14H,7-10H2,1H3;1H. The second-order valence-electron chi connectivity index (χ2n) is 4.10. The summed E-state index contributed by atoms with van der Waals surface area (Å²) in [5.74, 6) is 0.241. The molecule has 1 amide bonds. The van der Waals surface area contributed by atoms with E-state index in [4.69, 9.17) is 0 Å². The molecule has 1 aromatic carbocycles. The second kappa shape index (κ2) is 7.67. The summed E-state index contributed by atoms with van der Waals surface area (Å²) in [6.07, 6.45) is 2.00. The Labute approximate surface area is 119 Å². The molecular formula is C13H19ClN2OS. The first kappa shape index (κ1) is 15.3. The van der Waals surface area contributed by atoms with Crippen LogP contribution in [0.4, 0.5) is 0 Å². The fourth-order valence-electron chi connectivity index (χ4n) is 2.06. The minimum absolute atomic E-state index is 0.